The molecule has 0 amide bonds. The van der Waals surface area contributed by atoms with E-state index in [4.69, 9.17) is 28.4 Å². The predicted molar refractivity (Wildman–Crippen MR) is 261 cm³/mol. The summed E-state index contributed by atoms with van der Waals surface area (Å²) in [6.07, 6.45) is 30.6. The molecule has 0 aromatic rings. The van der Waals surface area contributed by atoms with Gasteiger partial charge in [0.05, 0.1) is 19.8 Å². The number of aliphatic hydroxyl groups is 7. The second-order valence-electron chi connectivity index (χ2n) is 17.3. The van der Waals surface area contributed by atoms with Crippen LogP contribution in [0.5, 0.6) is 0 Å². The van der Waals surface area contributed by atoms with Crippen molar-refractivity contribution < 1.29 is 73.8 Å². The van der Waals surface area contributed by atoms with E-state index in [2.05, 4.69) is 86.8 Å². The van der Waals surface area contributed by atoms with Crippen LogP contribution in [-0.4, -0.2) is 142 Å². The van der Waals surface area contributed by atoms with Gasteiger partial charge in [-0.3, -0.25) is 9.59 Å². The van der Waals surface area contributed by atoms with Gasteiger partial charge in [0.2, 0.25) is 0 Å². The predicted octanol–water partition coefficient (Wildman–Crippen LogP) is 6.82. The van der Waals surface area contributed by atoms with E-state index in [-0.39, 0.29) is 19.4 Å². The Balaban J connectivity index is 1.85. The van der Waals surface area contributed by atoms with Crippen LogP contribution in [0.3, 0.4) is 0 Å². The molecule has 0 bridgehead atoms. The summed E-state index contributed by atoms with van der Waals surface area (Å²) in [5.41, 5.74) is 0. The van der Waals surface area contributed by atoms with Crippen molar-refractivity contribution in [3.63, 3.8) is 0 Å². The van der Waals surface area contributed by atoms with Crippen LogP contribution < -0.4 is 0 Å². The smallest absolute Gasteiger partial charge is 0.306 e. The molecule has 7 N–H and O–H groups in total. The third-order valence-electron chi connectivity index (χ3n) is 11.4. The maximum atomic E-state index is 13.0. The van der Waals surface area contributed by atoms with Crippen molar-refractivity contribution in [1.82, 2.24) is 0 Å². The van der Waals surface area contributed by atoms with E-state index in [1.807, 2.05) is 12.2 Å². The lowest BCUT2D eigenvalue weighted by Gasteiger charge is -2.42. The Kier molecular flexibility index (Phi) is 35.2. The zero-order valence-electron chi connectivity index (χ0n) is 40.8. The normalized spacial score (nSPS) is 26.5. The van der Waals surface area contributed by atoms with Crippen molar-refractivity contribution >= 4 is 11.9 Å². The Labute approximate surface area is 405 Å². The fraction of sp³-hybridized carbons (Fsp3) is 0.698. The van der Waals surface area contributed by atoms with Gasteiger partial charge in [0.15, 0.2) is 18.7 Å². The Morgan fingerprint density at radius 1 is 0.485 bits per heavy atom. The molecule has 15 heteroatoms. The molecule has 4 unspecified atom stereocenters. The van der Waals surface area contributed by atoms with Crippen molar-refractivity contribution in [2.24, 2.45) is 0 Å². The van der Waals surface area contributed by atoms with Gasteiger partial charge in [0.1, 0.15) is 55.4 Å². The van der Waals surface area contributed by atoms with E-state index in [9.17, 15) is 45.3 Å². The highest BCUT2D eigenvalue weighted by atomic mass is 16.7. The van der Waals surface area contributed by atoms with Gasteiger partial charge in [-0.05, 0) is 77.0 Å². The van der Waals surface area contributed by atoms with Crippen LogP contribution in [0.25, 0.3) is 0 Å². The first-order valence-corrected chi connectivity index (χ1v) is 25.2. The van der Waals surface area contributed by atoms with Crippen molar-refractivity contribution in [2.75, 3.05) is 26.4 Å². The first-order valence-electron chi connectivity index (χ1n) is 25.2. The molecule has 0 spiro atoms. The average molecular weight is 963 g/mol. The number of ether oxygens (including phenoxy) is 6. The zero-order valence-corrected chi connectivity index (χ0v) is 40.8. The number of allylic oxidation sites excluding steroid dienone is 14. The number of hydrogen-bond acceptors (Lipinski definition) is 15. The van der Waals surface area contributed by atoms with Gasteiger partial charge in [-0.15, -0.1) is 0 Å². The van der Waals surface area contributed by atoms with Crippen LogP contribution in [-0.2, 0) is 38.0 Å². The lowest BCUT2D eigenvalue weighted by molar-refractivity contribution is -0.332. The minimum Gasteiger partial charge on any atom is -0.462 e. The number of hydrogen-bond donors (Lipinski definition) is 7. The van der Waals surface area contributed by atoms with Crippen LogP contribution in [0.15, 0.2) is 85.1 Å². The molecule has 2 fully saturated rings. The quantitative estimate of drug-likeness (QED) is 0.0193. The van der Waals surface area contributed by atoms with E-state index in [1.165, 1.54) is 25.7 Å². The van der Waals surface area contributed by atoms with Crippen LogP contribution >= 0.6 is 0 Å². The summed E-state index contributed by atoms with van der Waals surface area (Å²) in [6.45, 7) is 2.34. The van der Waals surface area contributed by atoms with Gasteiger partial charge < -0.3 is 64.2 Å². The van der Waals surface area contributed by atoms with Gasteiger partial charge in [-0.2, -0.15) is 0 Å². The number of rotatable bonds is 37. The second kappa shape index (κ2) is 39.4. The summed E-state index contributed by atoms with van der Waals surface area (Å²) in [5.74, 6) is -1.04. The second-order valence-corrected chi connectivity index (χ2v) is 17.3. The molecule has 2 saturated heterocycles. The minimum atomic E-state index is -1.78. The number of carbonyl (C=O) groups excluding carboxylic acids is 2. The first kappa shape index (κ1) is 60.8. The molecule has 2 rings (SSSR count). The maximum absolute atomic E-state index is 13.0. The summed E-state index contributed by atoms with van der Waals surface area (Å²) in [7, 11) is 0. The van der Waals surface area contributed by atoms with Crippen LogP contribution in [0.4, 0.5) is 0 Å². The maximum Gasteiger partial charge on any atom is 0.306 e. The monoisotopic (exact) mass is 963 g/mol. The molecule has 0 aromatic heterocycles. The van der Waals surface area contributed by atoms with E-state index >= 15 is 0 Å². The molecule has 388 valence electrons. The summed E-state index contributed by atoms with van der Waals surface area (Å²) in [5, 5.41) is 72.0. The lowest BCUT2D eigenvalue weighted by Crippen LogP contribution is -2.61. The molecule has 0 aromatic carbocycles. The molecule has 2 aliphatic heterocycles. The van der Waals surface area contributed by atoms with Gasteiger partial charge in [-0.25, -0.2) is 0 Å². The number of unbranched alkanes of at least 4 members (excludes halogenated alkanes) is 9. The molecule has 2 heterocycles. The zero-order chi connectivity index (χ0) is 49.6. The van der Waals surface area contributed by atoms with Crippen molar-refractivity contribution in [3.05, 3.63) is 85.1 Å². The average Bonchev–Trinajstić information content (AvgIpc) is 3.33. The van der Waals surface area contributed by atoms with Crippen LogP contribution in [0, 0.1) is 0 Å². The van der Waals surface area contributed by atoms with Gasteiger partial charge >= 0.3 is 11.9 Å². The van der Waals surface area contributed by atoms with Crippen molar-refractivity contribution in [3.8, 4) is 0 Å². The van der Waals surface area contributed by atoms with Crippen LogP contribution in [0.2, 0.25) is 0 Å². The third-order valence-corrected chi connectivity index (χ3v) is 11.4. The largest absolute Gasteiger partial charge is 0.462 e. The topological polar surface area (TPSA) is 231 Å². The number of aliphatic hydroxyl groups excluding tert-OH is 7. The van der Waals surface area contributed by atoms with Gasteiger partial charge in [0.25, 0.3) is 0 Å². The molecule has 15 nitrogen and oxygen atoms in total. The summed E-state index contributed by atoms with van der Waals surface area (Å²) in [4.78, 5) is 25.7. The Bertz CT molecular complexity index is 1510. The van der Waals surface area contributed by atoms with Crippen molar-refractivity contribution in [1.29, 1.82) is 0 Å². The van der Waals surface area contributed by atoms with E-state index in [1.54, 1.807) is 0 Å². The molecule has 0 saturated carbocycles. The first-order chi connectivity index (χ1) is 33.0. The highest BCUT2D eigenvalue weighted by Gasteiger charge is 2.47. The van der Waals surface area contributed by atoms with Crippen LogP contribution in [0.1, 0.15) is 142 Å². The fourth-order valence-corrected chi connectivity index (χ4v) is 7.24. The summed E-state index contributed by atoms with van der Waals surface area (Å²) >= 11 is 0. The summed E-state index contributed by atoms with van der Waals surface area (Å²) < 4.78 is 33.4. The fourth-order valence-electron chi connectivity index (χ4n) is 7.24. The number of esters is 2. The molecule has 68 heavy (non-hydrogen) atoms. The number of carbonyl (C=O) groups is 2. The Morgan fingerprint density at radius 3 is 1.51 bits per heavy atom. The summed E-state index contributed by atoms with van der Waals surface area (Å²) in [6, 6.07) is 0. The molecule has 2 aliphatic rings. The lowest BCUT2D eigenvalue weighted by atomic mass is 9.98. The Hall–Kier alpha value is -3.32. The highest BCUT2D eigenvalue weighted by Crippen LogP contribution is 2.26. The van der Waals surface area contributed by atoms with E-state index in [0.717, 1.165) is 77.0 Å². The molecule has 11 atom stereocenters. The Morgan fingerprint density at radius 2 is 0.956 bits per heavy atom. The highest BCUT2D eigenvalue weighted by molar-refractivity contribution is 5.70. The van der Waals surface area contributed by atoms with Gasteiger partial charge in [0, 0.05) is 12.8 Å². The van der Waals surface area contributed by atoms with Crippen molar-refractivity contribution in [2.45, 2.75) is 210 Å². The minimum absolute atomic E-state index is 0.0864. The standard InChI is InChI=1S/C53H86O15/c1-3-5-7-9-11-13-15-17-18-19-20-21-22-24-25-27-29-31-33-35-44(55)63-38-41(66-45(56)36-34-32-30-28-26-23-16-14-12-10-8-6-4-2)39-64-52-51(62)49(60)47(58)43(68-52)40-65-53-50(61)48(59)46(57)42(37-54)67-53/h5,7,11,13-14,16-18,20-21,24-25,29,31,41-43,46-54,57-62H,3-4,6,8-10,12,15,19,22-23,26-28,30,32-40H2,1-2H3/b7-5+,13-11+,16-14+,18-17+,21-20+,25-24+,31-29+/t41-,42+,43+,46-,47-,48?,49?,50?,51?,52+,53+/m0/s1. The van der Waals surface area contributed by atoms with E-state index in [0.29, 0.717) is 12.8 Å². The van der Waals surface area contributed by atoms with Gasteiger partial charge in [-0.1, -0.05) is 137 Å². The molecular weight excluding hydrogens is 877 g/mol. The molecule has 0 aliphatic carbocycles. The third kappa shape index (κ3) is 27.2. The molecule has 0 radical (unpaired) electrons. The molecular formula is C53H86O15. The SMILES string of the molecule is CC/C=C/C/C=C/C/C=C/C/C=C/C/C=C/C/C=C/CCC(=O)OC[C@@H](CO[C@@H]1O[C@H](CO[C@@H]2O[C@H](CO)[C@H](O)C(O)C2O)[C@H](O)C(O)C1O)OC(=O)CCCCCCC/C=C/CCCCCC. The van der Waals surface area contributed by atoms with E-state index < -0.39 is 99.3 Å².